The van der Waals surface area contributed by atoms with Crippen molar-refractivity contribution in [3.8, 4) is 0 Å². The van der Waals surface area contributed by atoms with E-state index in [1.807, 2.05) is 20.8 Å². The lowest BCUT2D eigenvalue weighted by atomic mass is 9.86. The van der Waals surface area contributed by atoms with E-state index in [-0.39, 0.29) is 43.8 Å². The Balaban J connectivity index is 0.00000242. The molecule has 1 atom stereocenters. The van der Waals surface area contributed by atoms with Crippen LogP contribution < -0.4 is 5.73 Å². The van der Waals surface area contributed by atoms with Crippen LogP contribution in [-0.2, 0) is 24.1 Å². The number of halogens is 4. The summed E-state index contributed by atoms with van der Waals surface area (Å²) in [5, 5.41) is 6.71. The summed E-state index contributed by atoms with van der Waals surface area (Å²) < 4.78 is 39.2. The molecule has 0 fully saturated rings. The van der Waals surface area contributed by atoms with Gasteiger partial charge in [0, 0.05) is 13.1 Å². The number of aromatic nitrogens is 3. The highest BCUT2D eigenvalue weighted by Crippen LogP contribution is 2.29. The number of alkyl halides is 3. The highest BCUT2D eigenvalue weighted by molar-refractivity contribution is 5.85. The highest BCUT2D eigenvalue weighted by atomic mass is 35.5. The van der Waals surface area contributed by atoms with E-state index in [2.05, 4.69) is 10.2 Å². The lowest BCUT2D eigenvalue weighted by molar-refractivity contribution is -0.148. The lowest BCUT2D eigenvalue weighted by Gasteiger charge is -2.34. The molecule has 1 aliphatic rings. The van der Waals surface area contributed by atoms with Crippen LogP contribution in [0.25, 0.3) is 0 Å². The Morgan fingerprint density at radius 2 is 1.82 bits per heavy atom. The predicted molar refractivity (Wildman–Crippen MR) is 75.1 cm³/mol. The van der Waals surface area contributed by atoms with Crippen LogP contribution in [0.4, 0.5) is 13.2 Å². The van der Waals surface area contributed by atoms with Crippen molar-refractivity contribution >= 4 is 18.3 Å². The fraction of sp³-hybridized carbons (Fsp3) is 0.750. The van der Waals surface area contributed by atoms with Gasteiger partial charge in [-0.2, -0.15) is 13.2 Å². The van der Waals surface area contributed by atoms with Gasteiger partial charge in [-0.15, -0.1) is 22.6 Å². The van der Waals surface area contributed by atoms with Crippen molar-refractivity contribution in [2.24, 2.45) is 11.1 Å². The van der Waals surface area contributed by atoms with Gasteiger partial charge in [-0.3, -0.25) is 4.79 Å². The second kappa shape index (κ2) is 6.04. The van der Waals surface area contributed by atoms with E-state index in [9.17, 15) is 18.0 Å². The van der Waals surface area contributed by atoms with Gasteiger partial charge in [0.05, 0.1) is 12.6 Å². The minimum absolute atomic E-state index is 0. The molecule has 1 aromatic rings. The molecular weight excluding hydrogens is 323 g/mol. The average molecular weight is 342 g/mol. The third-order valence-electron chi connectivity index (χ3n) is 3.52. The molecule has 1 aliphatic heterocycles. The maximum Gasteiger partial charge on any atom is 0.451 e. The first-order valence-corrected chi connectivity index (χ1v) is 6.55. The molecular formula is C12H19ClF3N5O. The zero-order chi connectivity index (χ0) is 16.0. The first kappa shape index (κ1) is 18.7. The molecule has 0 aliphatic carbocycles. The number of amides is 1. The molecule has 0 bridgehead atoms. The normalized spacial score (nSPS) is 16.8. The lowest BCUT2D eigenvalue weighted by Crippen LogP contribution is -2.52. The molecule has 0 saturated heterocycles. The smallest absolute Gasteiger partial charge is 0.332 e. The molecule has 2 heterocycles. The summed E-state index contributed by atoms with van der Waals surface area (Å²) >= 11 is 0. The summed E-state index contributed by atoms with van der Waals surface area (Å²) in [6.45, 7) is 5.68. The maximum absolute atomic E-state index is 12.7. The summed E-state index contributed by atoms with van der Waals surface area (Å²) in [6.07, 6.45) is -4.54. The predicted octanol–water partition coefficient (Wildman–Crippen LogP) is 1.43. The Morgan fingerprint density at radius 3 is 2.32 bits per heavy atom. The van der Waals surface area contributed by atoms with Gasteiger partial charge in [-0.1, -0.05) is 20.8 Å². The van der Waals surface area contributed by atoms with E-state index in [4.69, 9.17) is 5.73 Å². The van der Waals surface area contributed by atoms with Crippen molar-refractivity contribution in [1.29, 1.82) is 0 Å². The SMILES string of the molecule is CC(C)(C)[C@H](N)C(=O)N1CCn2c(nnc2C(F)(F)F)C1.Cl. The summed E-state index contributed by atoms with van der Waals surface area (Å²) in [5.74, 6) is -1.18. The monoisotopic (exact) mass is 341 g/mol. The number of rotatable bonds is 1. The first-order chi connectivity index (χ1) is 9.51. The Bertz CT molecular complexity index is 552. The molecule has 126 valence electrons. The molecule has 1 amide bonds. The molecule has 0 unspecified atom stereocenters. The third-order valence-corrected chi connectivity index (χ3v) is 3.52. The Morgan fingerprint density at radius 1 is 1.23 bits per heavy atom. The zero-order valence-electron chi connectivity index (χ0n) is 12.5. The quantitative estimate of drug-likeness (QED) is 0.838. The van der Waals surface area contributed by atoms with Crippen LogP contribution >= 0.6 is 12.4 Å². The van der Waals surface area contributed by atoms with E-state index in [0.717, 1.165) is 4.57 Å². The van der Waals surface area contributed by atoms with Crippen LogP contribution in [0.3, 0.4) is 0 Å². The molecule has 6 nitrogen and oxygen atoms in total. The molecule has 10 heteroatoms. The zero-order valence-corrected chi connectivity index (χ0v) is 13.3. The molecule has 0 spiro atoms. The first-order valence-electron chi connectivity index (χ1n) is 6.55. The van der Waals surface area contributed by atoms with Crippen LogP contribution in [0, 0.1) is 5.41 Å². The van der Waals surface area contributed by atoms with Gasteiger partial charge in [0.15, 0.2) is 5.82 Å². The van der Waals surface area contributed by atoms with E-state index < -0.39 is 23.5 Å². The van der Waals surface area contributed by atoms with Gasteiger partial charge in [-0.05, 0) is 5.41 Å². The number of carbonyl (C=O) groups excluding carboxylic acids is 1. The minimum Gasteiger partial charge on any atom is -0.332 e. The van der Waals surface area contributed by atoms with Gasteiger partial charge >= 0.3 is 6.18 Å². The number of hydrogen-bond acceptors (Lipinski definition) is 4. The number of nitrogens with zero attached hydrogens (tertiary/aromatic N) is 4. The Hall–Kier alpha value is -1.35. The molecule has 0 radical (unpaired) electrons. The van der Waals surface area contributed by atoms with Gasteiger partial charge in [-0.25, -0.2) is 0 Å². The van der Waals surface area contributed by atoms with E-state index in [1.165, 1.54) is 4.90 Å². The van der Waals surface area contributed by atoms with Crippen LogP contribution in [0.15, 0.2) is 0 Å². The molecule has 1 aromatic heterocycles. The molecule has 0 aromatic carbocycles. The third kappa shape index (κ3) is 3.52. The van der Waals surface area contributed by atoms with Crippen LogP contribution in [-0.4, -0.2) is 38.2 Å². The average Bonchev–Trinajstić information content (AvgIpc) is 2.78. The number of fused-ring (bicyclic) bond motifs is 1. The number of hydrogen-bond donors (Lipinski definition) is 1. The van der Waals surface area contributed by atoms with E-state index in [0.29, 0.717) is 0 Å². The van der Waals surface area contributed by atoms with Crippen molar-refractivity contribution in [3.63, 3.8) is 0 Å². The second-order valence-corrected chi connectivity index (χ2v) is 6.19. The van der Waals surface area contributed by atoms with Gasteiger partial charge < -0.3 is 15.2 Å². The van der Waals surface area contributed by atoms with E-state index >= 15 is 0 Å². The topological polar surface area (TPSA) is 77.0 Å². The van der Waals surface area contributed by atoms with Crippen molar-refractivity contribution in [3.05, 3.63) is 11.6 Å². The number of nitrogens with two attached hydrogens (primary N) is 1. The molecule has 22 heavy (non-hydrogen) atoms. The fourth-order valence-corrected chi connectivity index (χ4v) is 2.12. The second-order valence-electron chi connectivity index (χ2n) is 6.19. The molecule has 2 N–H and O–H groups in total. The molecule has 2 rings (SSSR count). The van der Waals surface area contributed by atoms with Crippen LogP contribution in [0.5, 0.6) is 0 Å². The van der Waals surface area contributed by atoms with Crippen molar-refractivity contribution in [2.45, 2.75) is 46.1 Å². The van der Waals surface area contributed by atoms with Crippen LogP contribution in [0.2, 0.25) is 0 Å². The highest BCUT2D eigenvalue weighted by Gasteiger charge is 2.40. The van der Waals surface area contributed by atoms with Gasteiger partial charge in [0.1, 0.15) is 0 Å². The van der Waals surface area contributed by atoms with Crippen molar-refractivity contribution in [1.82, 2.24) is 19.7 Å². The maximum atomic E-state index is 12.7. The summed E-state index contributed by atoms with van der Waals surface area (Å²) in [4.78, 5) is 13.7. The van der Waals surface area contributed by atoms with Crippen LogP contribution in [0.1, 0.15) is 32.4 Å². The Kier molecular flexibility index (Phi) is 5.13. The van der Waals surface area contributed by atoms with E-state index in [1.54, 1.807) is 0 Å². The Labute approximate surface area is 132 Å². The van der Waals surface area contributed by atoms with Crippen molar-refractivity contribution < 1.29 is 18.0 Å². The number of carbonyl (C=O) groups is 1. The van der Waals surface area contributed by atoms with Gasteiger partial charge in [0.25, 0.3) is 0 Å². The fourth-order valence-electron chi connectivity index (χ4n) is 2.12. The molecule has 0 saturated carbocycles. The summed E-state index contributed by atoms with van der Waals surface area (Å²) in [6, 6.07) is -0.714. The van der Waals surface area contributed by atoms with Gasteiger partial charge in [0.2, 0.25) is 11.7 Å². The van der Waals surface area contributed by atoms with Crippen molar-refractivity contribution in [2.75, 3.05) is 6.54 Å². The minimum atomic E-state index is -4.54. The summed E-state index contributed by atoms with van der Waals surface area (Å²) in [7, 11) is 0. The standard InChI is InChI=1S/C12H18F3N5O.ClH/c1-11(2,3)8(16)9(21)19-4-5-20-7(6-19)17-18-10(20)12(13,14)15;/h8H,4-6,16H2,1-3H3;1H/t8-;/m1./s1. The summed E-state index contributed by atoms with van der Waals surface area (Å²) in [5.41, 5.74) is 5.49. The largest absolute Gasteiger partial charge is 0.451 e.